The van der Waals surface area contributed by atoms with Gasteiger partial charge in [-0.05, 0) is 21.5 Å². The first kappa shape index (κ1) is 16.3. The molecule has 21 heavy (non-hydrogen) atoms. The molecule has 1 unspecified atom stereocenters. The van der Waals surface area contributed by atoms with E-state index in [0.717, 1.165) is 21.6 Å². The van der Waals surface area contributed by atoms with Gasteiger partial charge in [0.25, 0.3) is 0 Å². The summed E-state index contributed by atoms with van der Waals surface area (Å²) >= 11 is 8.92. The molecule has 3 nitrogen and oxygen atoms in total. The third-order valence-corrected chi connectivity index (χ3v) is 4.55. The van der Waals surface area contributed by atoms with Gasteiger partial charge in [-0.25, -0.2) is 4.98 Å². The van der Waals surface area contributed by atoms with Crippen molar-refractivity contribution in [2.75, 3.05) is 7.11 Å². The minimum absolute atomic E-state index is 0.0704. The van der Waals surface area contributed by atoms with Crippen molar-refractivity contribution in [3.8, 4) is 0 Å². The number of aromatic amines is 1. The van der Waals surface area contributed by atoms with E-state index in [9.17, 15) is 0 Å². The standard InChI is InChI=1S/C16H19BrN2OS/c1-16(2,3)13-11(17)15(21)19-14(18-13)12(20-4)10-8-6-5-7-9-10/h5-9,12H,1-4H3,(H,18,19,21). The molecule has 1 aromatic carbocycles. The lowest BCUT2D eigenvalue weighted by Crippen LogP contribution is -2.19. The SMILES string of the molecule is COC(c1ccccc1)c1nc(=S)c(Br)c(C(C)(C)C)[nH]1. The molecule has 2 rings (SSSR count). The predicted octanol–water partition coefficient (Wildman–Crippen LogP) is 4.93. The van der Waals surface area contributed by atoms with Gasteiger partial charge in [-0.1, -0.05) is 63.3 Å². The number of halogens is 1. The number of methoxy groups -OCH3 is 1. The number of nitrogens with zero attached hydrogens (tertiary/aromatic N) is 1. The Balaban J connectivity index is 2.58. The highest BCUT2D eigenvalue weighted by Crippen LogP contribution is 2.31. The van der Waals surface area contributed by atoms with Crippen LogP contribution in [0.1, 0.15) is 44.0 Å². The van der Waals surface area contributed by atoms with Gasteiger partial charge in [0.2, 0.25) is 0 Å². The normalized spacial score (nSPS) is 13.2. The average Bonchev–Trinajstić information content (AvgIpc) is 2.43. The molecule has 0 bridgehead atoms. The van der Waals surface area contributed by atoms with Crippen LogP contribution in [-0.4, -0.2) is 17.1 Å². The Labute approximate surface area is 138 Å². The van der Waals surface area contributed by atoms with E-state index in [1.54, 1.807) is 7.11 Å². The van der Waals surface area contributed by atoms with E-state index in [0.29, 0.717) is 4.64 Å². The van der Waals surface area contributed by atoms with Crippen LogP contribution in [0.25, 0.3) is 0 Å². The van der Waals surface area contributed by atoms with Crippen molar-refractivity contribution in [3.05, 3.63) is 56.5 Å². The molecule has 0 fully saturated rings. The third-order valence-electron chi connectivity index (χ3n) is 3.22. The Morgan fingerprint density at radius 2 is 1.86 bits per heavy atom. The van der Waals surface area contributed by atoms with Crippen LogP contribution >= 0.6 is 28.1 Å². The molecule has 1 atom stereocenters. The highest BCUT2D eigenvalue weighted by molar-refractivity contribution is 9.10. The molecular weight excluding hydrogens is 348 g/mol. The largest absolute Gasteiger partial charge is 0.369 e. The van der Waals surface area contributed by atoms with Crippen LogP contribution in [0, 0.1) is 4.64 Å². The number of rotatable bonds is 3. The van der Waals surface area contributed by atoms with Crippen LogP contribution < -0.4 is 0 Å². The van der Waals surface area contributed by atoms with Gasteiger partial charge in [-0.15, -0.1) is 0 Å². The lowest BCUT2D eigenvalue weighted by atomic mass is 9.92. The van der Waals surface area contributed by atoms with Crippen LogP contribution in [0.3, 0.4) is 0 Å². The fraction of sp³-hybridized carbons (Fsp3) is 0.375. The summed E-state index contributed by atoms with van der Waals surface area (Å²) in [6.07, 6.45) is -0.262. The summed E-state index contributed by atoms with van der Waals surface area (Å²) in [5.74, 6) is 0.724. The van der Waals surface area contributed by atoms with Crippen molar-refractivity contribution in [2.45, 2.75) is 32.3 Å². The third kappa shape index (κ3) is 3.59. The van der Waals surface area contributed by atoms with Crippen LogP contribution in [0.15, 0.2) is 34.8 Å². The summed E-state index contributed by atoms with van der Waals surface area (Å²) in [6, 6.07) is 9.99. The van der Waals surface area contributed by atoms with Gasteiger partial charge >= 0.3 is 0 Å². The Hall–Kier alpha value is -1.04. The monoisotopic (exact) mass is 366 g/mol. The van der Waals surface area contributed by atoms with Crippen LogP contribution in [0.4, 0.5) is 0 Å². The van der Waals surface area contributed by atoms with E-state index in [1.807, 2.05) is 30.3 Å². The smallest absolute Gasteiger partial charge is 0.144 e. The first-order valence-electron chi connectivity index (χ1n) is 6.72. The summed E-state index contributed by atoms with van der Waals surface area (Å²) in [5.41, 5.74) is 2.00. The Bertz CT molecular complexity index is 677. The molecule has 2 aromatic rings. The molecule has 0 amide bonds. The topological polar surface area (TPSA) is 37.9 Å². The second kappa shape index (κ2) is 6.38. The second-order valence-corrected chi connectivity index (χ2v) is 7.07. The van der Waals surface area contributed by atoms with Gasteiger partial charge in [0, 0.05) is 18.2 Å². The predicted molar refractivity (Wildman–Crippen MR) is 91.1 cm³/mol. The van der Waals surface area contributed by atoms with E-state index in [1.165, 1.54) is 0 Å². The maximum atomic E-state index is 5.63. The van der Waals surface area contributed by atoms with Crippen molar-refractivity contribution in [2.24, 2.45) is 0 Å². The number of nitrogens with one attached hydrogen (secondary N) is 1. The lowest BCUT2D eigenvalue weighted by molar-refractivity contribution is 0.128. The molecule has 0 aliphatic heterocycles. The molecule has 0 aliphatic carbocycles. The van der Waals surface area contributed by atoms with Crippen LogP contribution in [0.2, 0.25) is 0 Å². The molecule has 112 valence electrons. The van der Waals surface area contributed by atoms with Gasteiger partial charge < -0.3 is 9.72 Å². The first-order chi connectivity index (χ1) is 9.84. The van der Waals surface area contributed by atoms with E-state index < -0.39 is 0 Å². The Kier molecular flexibility index (Phi) is 4.96. The van der Waals surface area contributed by atoms with Crippen molar-refractivity contribution in [1.29, 1.82) is 0 Å². The number of hydrogen-bond acceptors (Lipinski definition) is 3. The van der Waals surface area contributed by atoms with Gasteiger partial charge in [-0.3, -0.25) is 0 Å². The average molecular weight is 367 g/mol. The molecule has 0 radical (unpaired) electrons. The summed E-state index contributed by atoms with van der Waals surface area (Å²) in [5, 5.41) is 0. The number of hydrogen-bond donors (Lipinski definition) is 1. The molecule has 0 saturated carbocycles. The summed E-state index contributed by atoms with van der Waals surface area (Å²) < 4.78 is 7.02. The van der Waals surface area contributed by atoms with Crippen molar-refractivity contribution < 1.29 is 4.74 Å². The minimum Gasteiger partial charge on any atom is -0.369 e. The van der Waals surface area contributed by atoms with Gasteiger partial charge in [-0.2, -0.15) is 0 Å². The molecule has 1 heterocycles. The quantitative estimate of drug-likeness (QED) is 0.782. The van der Waals surface area contributed by atoms with Crippen LogP contribution in [-0.2, 0) is 10.2 Å². The zero-order valence-corrected chi connectivity index (χ0v) is 15.0. The number of H-pyrrole nitrogens is 1. The molecule has 0 spiro atoms. The molecule has 0 aliphatic rings. The first-order valence-corrected chi connectivity index (χ1v) is 7.92. The van der Waals surface area contributed by atoms with E-state index >= 15 is 0 Å². The molecule has 1 N–H and O–H groups in total. The summed E-state index contributed by atoms with van der Waals surface area (Å²) in [6.45, 7) is 6.39. The minimum atomic E-state index is -0.262. The maximum Gasteiger partial charge on any atom is 0.144 e. The van der Waals surface area contributed by atoms with Crippen molar-refractivity contribution in [3.63, 3.8) is 0 Å². The van der Waals surface area contributed by atoms with Crippen molar-refractivity contribution in [1.82, 2.24) is 9.97 Å². The van der Waals surface area contributed by atoms with E-state index in [4.69, 9.17) is 17.0 Å². The number of aromatic nitrogens is 2. The highest BCUT2D eigenvalue weighted by Gasteiger charge is 2.23. The van der Waals surface area contributed by atoms with Crippen molar-refractivity contribution >= 4 is 28.1 Å². The van der Waals surface area contributed by atoms with Gasteiger partial charge in [0.1, 0.15) is 16.6 Å². The van der Waals surface area contributed by atoms with Gasteiger partial charge in [0.05, 0.1) is 4.47 Å². The van der Waals surface area contributed by atoms with Gasteiger partial charge in [0.15, 0.2) is 0 Å². The fourth-order valence-corrected chi connectivity index (χ4v) is 3.13. The molecule has 0 saturated heterocycles. The summed E-state index contributed by atoms with van der Waals surface area (Å²) in [4.78, 5) is 7.88. The lowest BCUT2D eigenvalue weighted by Gasteiger charge is -2.23. The van der Waals surface area contributed by atoms with E-state index in [2.05, 4.69) is 46.7 Å². The van der Waals surface area contributed by atoms with Crippen LogP contribution in [0.5, 0.6) is 0 Å². The number of ether oxygens (including phenoxy) is 1. The zero-order chi connectivity index (χ0) is 15.6. The highest BCUT2D eigenvalue weighted by atomic mass is 79.9. The Morgan fingerprint density at radius 3 is 2.38 bits per heavy atom. The Morgan fingerprint density at radius 1 is 1.24 bits per heavy atom. The fourth-order valence-electron chi connectivity index (χ4n) is 2.15. The molecule has 5 heteroatoms. The summed E-state index contributed by atoms with van der Waals surface area (Å²) in [7, 11) is 1.68. The molecular formula is C16H19BrN2OS. The number of benzene rings is 1. The van der Waals surface area contributed by atoms with E-state index in [-0.39, 0.29) is 11.5 Å². The maximum absolute atomic E-state index is 5.63. The second-order valence-electron chi connectivity index (χ2n) is 5.89. The molecule has 1 aromatic heterocycles. The zero-order valence-electron chi connectivity index (χ0n) is 12.6.